The third kappa shape index (κ3) is 2.35. The maximum atomic E-state index is 12.0. The Morgan fingerprint density at radius 2 is 2.00 bits per heavy atom. The lowest BCUT2D eigenvalue weighted by atomic mass is 10.0. The molecule has 0 aromatic heterocycles. The first-order valence-corrected chi connectivity index (χ1v) is 4.30. The topological polar surface area (TPSA) is 20.3 Å². The lowest BCUT2D eigenvalue weighted by Crippen LogP contribution is -2.48. The van der Waals surface area contributed by atoms with Gasteiger partial charge < -0.3 is 4.90 Å². The van der Waals surface area contributed by atoms with Crippen LogP contribution in [0.3, 0.4) is 0 Å². The van der Waals surface area contributed by atoms with E-state index in [1.54, 1.807) is 6.92 Å². The molecule has 0 spiro atoms. The van der Waals surface area contributed by atoms with Gasteiger partial charge in [0.2, 0.25) is 0 Å². The van der Waals surface area contributed by atoms with Gasteiger partial charge in [-0.05, 0) is 26.2 Å². The quantitative estimate of drug-likeness (QED) is 0.578. The summed E-state index contributed by atoms with van der Waals surface area (Å²) < 4.78 is 36.0. The molecule has 1 saturated heterocycles. The molecule has 0 unspecified atom stereocenters. The Balaban J connectivity index is 2.64. The SMILES string of the molecule is C[C@@H]1CCCCN1C(=O)C(F)(F)F. The first kappa shape index (κ1) is 10.3. The minimum atomic E-state index is -4.72. The van der Waals surface area contributed by atoms with E-state index >= 15 is 0 Å². The molecule has 0 N–H and O–H groups in total. The minimum Gasteiger partial charge on any atom is -0.332 e. The molecule has 1 aliphatic rings. The van der Waals surface area contributed by atoms with Gasteiger partial charge >= 0.3 is 12.1 Å². The molecule has 1 amide bonds. The van der Waals surface area contributed by atoms with E-state index < -0.39 is 12.1 Å². The fraction of sp³-hybridized carbons (Fsp3) is 0.875. The van der Waals surface area contributed by atoms with Gasteiger partial charge in [0, 0.05) is 12.6 Å². The molecular weight excluding hydrogens is 183 g/mol. The van der Waals surface area contributed by atoms with Gasteiger partial charge in [0.15, 0.2) is 0 Å². The van der Waals surface area contributed by atoms with Crippen LogP contribution in [-0.4, -0.2) is 29.6 Å². The highest BCUT2D eigenvalue weighted by atomic mass is 19.4. The number of likely N-dealkylation sites (tertiary alicyclic amines) is 1. The minimum absolute atomic E-state index is 0.236. The normalized spacial score (nSPS) is 24.6. The fourth-order valence-corrected chi connectivity index (χ4v) is 1.56. The zero-order valence-electron chi connectivity index (χ0n) is 7.40. The van der Waals surface area contributed by atoms with E-state index in [2.05, 4.69) is 0 Å². The summed E-state index contributed by atoms with van der Waals surface area (Å²) in [5, 5.41) is 0. The number of rotatable bonds is 0. The van der Waals surface area contributed by atoms with Crippen LogP contribution in [-0.2, 0) is 4.79 Å². The van der Waals surface area contributed by atoms with Crippen molar-refractivity contribution in [2.24, 2.45) is 0 Å². The number of carbonyl (C=O) groups excluding carboxylic acids is 1. The molecule has 2 nitrogen and oxygen atoms in total. The highest BCUT2D eigenvalue weighted by Crippen LogP contribution is 2.24. The second-order valence-electron chi connectivity index (χ2n) is 3.34. The Bertz CT molecular complexity index is 202. The van der Waals surface area contributed by atoms with Crippen molar-refractivity contribution in [2.75, 3.05) is 6.54 Å². The highest BCUT2D eigenvalue weighted by molar-refractivity contribution is 5.82. The van der Waals surface area contributed by atoms with E-state index in [9.17, 15) is 18.0 Å². The zero-order chi connectivity index (χ0) is 10.1. The average Bonchev–Trinajstić information content (AvgIpc) is 2.02. The van der Waals surface area contributed by atoms with E-state index in [1.807, 2.05) is 0 Å². The van der Waals surface area contributed by atoms with Crippen LogP contribution in [0.2, 0.25) is 0 Å². The van der Waals surface area contributed by atoms with Crippen LogP contribution in [0.15, 0.2) is 0 Å². The molecule has 76 valence electrons. The molecule has 0 aliphatic carbocycles. The molecule has 1 rings (SSSR count). The van der Waals surface area contributed by atoms with Crippen molar-refractivity contribution in [2.45, 2.75) is 38.4 Å². The van der Waals surface area contributed by atoms with Gasteiger partial charge in [-0.25, -0.2) is 0 Å². The van der Waals surface area contributed by atoms with Gasteiger partial charge in [-0.1, -0.05) is 0 Å². The van der Waals surface area contributed by atoms with Gasteiger partial charge in [-0.15, -0.1) is 0 Å². The monoisotopic (exact) mass is 195 g/mol. The fourth-order valence-electron chi connectivity index (χ4n) is 1.56. The van der Waals surface area contributed by atoms with E-state index in [-0.39, 0.29) is 12.6 Å². The molecule has 1 fully saturated rings. The van der Waals surface area contributed by atoms with Crippen LogP contribution in [0, 0.1) is 0 Å². The number of halogens is 3. The summed E-state index contributed by atoms with van der Waals surface area (Å²) in [6.45, 7) is 1.89. The third-order valence-electron chi connectivity index (χ3n) is 2.31. The molecular formula is C8H12F3NO. The van der Waals surface area contributed by atoms with Crippen molar-refractivity contribution in [3.05, 3.63) is 0 Å². The molecule has 1 atom stereocenters. The smallest absolute Gasteiger partial charge is 0.332 e. The predicted octanol–water partition coefficient (Wildman–Crippen LogP) is 1.95. The average molecular weight is 195 g/mol. The highest BCUT2D eigenvalue weighted by Gasteiger charge is 2.44. The number of piperidine rings is 1. The standard InChI is InChI=1S/C8H12F3NO/c1-6-4-2-3-5-12(6)7(13)8(9,10)11/h6H,2-5H2,1H3/t6-/m1/s1. The largest absolute Gasteiger partial charge is 0.471 e. The molecule has 0 saturated carbocycles. The summed E-state index contributed by atoms with van der Waals surface area (Å²) in [6.07, 6.45) is -2.47. The first-order chi connectivity index (χ1) is 5.93. The van der Waals surface area contributed by atoms with Gasteiger partial charge in [0.25, 0.3) is 0 Å². The molecule has 1 heterocycles. The van der Waals surface area contributed by atoms with Crippen LogP contribution in [0.1, 0.15) is 26.2 Å². The molecule has 0 bridgehead atoms. The number of carbonyl (C=O) groups is 1. The van der Waals surface area contributed by atoms with Crippen molar-refractivity contribution >= 4 is 5.91 Å². The van der Waals surface area contributed by atoms with Crippen molar-refractivity contribution in [1.29, 1.82) is 0 Å². The van der Waals surface area contributed by atoms with E-state index in [1.165, 1.54) is 0 Å². The van der Waals surface area contributed by atoms with Gasteiger partial charge in [-0.3, -0.25) is 4.79 Å². The number of alkyl halides is 3. The summed E-state index contributed by atoms with van der Waals surface area (Å²) in [5.74, 6) is -1.69. The Labute approximate surface area is 74.7 Å². The lowest BCUT2D eigenvalue weighted by molar-refractivity contribution is -0.188. The van der Waals surface area contributed by atoms with Crippen molar-refractivity contribution < 1.29 is 18.0 Å². The van der Waals surface area contributed by atoms with Gasteiger partial charge in [0.05, 0.1) is 0 Å². The van der Waals surface area contributed by atoms with Crippen LogP contribution in [0.4, 0.5) is 13.2 Å². The molecule has 0 radical (unpaired) electrons. The third-order valence-corrected chi connectivity index (χ3v) is 2.31. The Kier molecular flexibility index (Phi) is 2.83. The van der Waals surface area contributed by atoms with Gasteiger partial charge in [-0.2, -0.15) is 13.2 Å². The number of hydrogen-bond acceptors (Lipinski definition) is 1. The summed E-state index contributed by atoms with van der Waals surface area (Å²) in [4.78, 5) is 11.8. The second-order valence-corrected chi connectivity index (χ2v) is 3.34. The lowest BCUT2D eigenvalue weighted by Gasteiger charge is -2.33. The zero-order valence-corrected chi connectivity index (χ0v) is 7.40. The Morgan fingerprint density at radius 1 is 1.38 bits per heavy atom. The number of nitrogens with zero attached hydrogens (tertiary/aromatic N) is 1. The van der Waals surface area contributed by atoms with Crippen LogP contribution < -0.4 is 0 Å². The molecule has 0 aromatic rings. The van der Waals surface area contributed by atoms with Crippen molar-refractivity contribution in [3.8, 4) is 0 Å². The first-order valence-electron chi connectivity index (χ1n) is 4.30. The maximum absolute atomic E-state index is 12.0. The number of amides is 1. The summed E-state index contributed by atoms with van der Waals surface area (Å²) >= 11 is 0. The van der Waals surface area contributed by atoms with E-state index in [0.717, 1.165) is 11.3 Å². The molecule has 5 heteroatoms. The van der Waals surface area contributed by atoms with Crippen LogP contribution >= 0.6 is 0 Å². The summed E-state index contributed by atoms with van der Waals surface area (Å²) in [7, 11) is 0. The maximum Gasteiger partial charge on any atom is 0.471 e. The molecule has 0 aromatic carbocycles. The van der Waals surface area contributed by atoms with Gasteiger partial charge in [0.1, 0.15) is 0 Å². The van der Waals surface area contributed by atoms with E-state index in [4.69, 9.17) is 0 Å². The molecule has 1 aliphatic heterocycles. The summed E-state index contributed by atoms with van der Waals surface area (Å²) in [5.41, 5.74) is 0. The molecule has 13 heavy (non-hydrogen) atoms. The van der Waals surface area contributed by atoms with Crippen LogP contribution in [0.5, 0.6) is 0 Å². The second kappa shape index (κ2) is 3.55. The Hall–Kier alpha value is -0.740. The Morgan fingerprint density at radius 3 is 2.46 bits per heavy atom. The van der Waals surface area contributed by atoms with Crippen LogP contribution in [0.25, 0.3) is 0 Å². The van der Waals surface area contributed by atoms with E-state index in [0.29, 0.717) is 12.8 Å². The summed E-state index contributed by atoms with van der Waals surface area (Å²) in [6, 6.07) is -0.275. The van der Waals surface area contributed by atoms with Crippen molar-refractivity contribution in [1.82, 2.24) is 4.90 Å². The number of hydrogen-bond donors (Lipinski definition) is 0. The predicted molar refractivity (Wildman–Crippen MR) is 41.1 cm³/mol. The van der Waals surface area contributed by atoms with Crippen molar-refractivity contribution in [3.63, 3.8) is 0 Å².